The van der Waals surface area contributed by atoms with E-state index in [0.29, 0.717) is 24.6 Å². The summed E-state index contributed by atoms with van der Waals surface area (Å²) in [5.74, 6) is 0.135. The highest BCUT2D eigenvalue weighted by atomic mass is 16.8. The number of carbonyl (C=O) groups excluding carboxylic acids is 2. The normalized spacial score (nSPS) is 31.2. The van der Waals surface area contributed by atoms with Crippen LogP contribution in [-0.2, 0) is 32.2 Å². The second kappa shape index (κ2) is 6.97. The monoisotopic (exact) mass is 442 g/mol. The Morgan fingerprint density at radius 3 is 2.72 bits per heavy atom. The molecule has 172 valence electrons. The Labute approximate surface area is 187 Å². The van der Waals surface area contributed by atoms with Gasteiger partial charge < -0.3 is 25.0 Å². The second-order valence-electron chi connectivity index (χ2n) is 10.4. The van der Waals surface area contributed by atoms with Gasteiger partial charge in [-0.05, 0) is 40.7 Å². The summed E-state index contributed by atoms with van der Waals surface area (Å²) in [6.07, 6.45) is 2.96. The van der Waals surface area contributed by atoms with Crippen LogP contribution in [0.4, 0.5) is 5.82 Å². The lowest BCUT2D eigenvalue weighted by atomic mass is 9.94. The van der Waals surface area contributed by atoms with Gasteiger partial charge in [-0.25, -0.2) is 9.97 Å². The molecule has 2 N–H and O–H groups in total. The maximum absolute atomic E-state index is 13.3. The lowest BCUT2D eigenvalue weighted by Crippen LogP contribution is -2.55. The summed E-state index contributed by atoms with van der Waals surface area (Å²) in [4.78, 5) is 38.3. The minimum Gasteiger partial charge on any atom is -0.343 e. The van der Waals surface area contributed by atoms with Crippen LogP contribution in [0.3, 0.4) is 0 Å². The van der Waals surface area contributed by atoms with Gasteiger partial charge in [0.1, 0.15) is 29.5 Å². The molecule has 5 heterocycles. The van der Waals surface area contributed by atoms with Crippen molar-refractivity contribution in [2.75, 3.05) is 5.32 Å². The summed E-state index contributed by atoms with van der Waals surface area (Å²) in [5.41, 5.74) is 1.25. The Hall–Kier alpha value is -2.56. The fraction of sp³-hybridized carbons (Fsp3) is 0.636. The molecule has 4 unspecified atom stereocenters. The second-order valence-corrected chi connectivity index (χ2v) is 10.4. The molecule has 2 saturated heterocycles. The highest BCUT2D eigenvalue weighted by Crippen LogP contribution is 2.38. The van der Waals surface area contributed by atoms with Crippen LogP contribution < -0.4 is 10.6 Å². The van der Waals surface area contributed by atoms with Crippen LogP contribution in [0.25, 0.3) is 0 Å². The number of hydrogen-bond acceptors (Lipinski definition) is 8. The minimum atomic E-state index is -0.746. The molecule has 1 aromatic heterocycles. The molecule has 4 atom stereocenters. The van der Waals surface area contributed by atoms with E-state index in [9.17, 15) is 9.59 Å². The summed E-state index contributed by atoms with van der Waals surface area (Å²) in [7, 11) is 0. The van der Waals surface area contributed by atoms with E-state index in [1.807, 2.05) is 47.6 Å². The first-order valence-corrected chi connectivity index (χ1v) is 11.0. The van der Waals surface area contributed by atoms with Gasteiger partial charge in [-0.15, -0.1) is 0 Å². The van der Waals surface area contributed by atoms with Crippen molar-refractivity contribution in [2.24, 2.45) is 5.92 Å². The van der Waals surface area contributed by atoms with Crippen molar-refractivity contribution < 1.29 is 19.1 Å². The van der Waals surface area contributed by atoms with Gasteiger partial charge in [-0.3, -0.25) is 14.5 Å². The third kappa shape index (κ3) is 3.56. The lowest BCUT2D eigenvalue weighted by molar-refractivity contribution is -0.137. The molecule has 10 heteroatoms. The number of carbonyl (C=O) groups is 2. The summed E-state index contributed by atoms with van der Waals surface area (Å²) in [6.45, 7) is 12.9. The predicted octanol–water partition coefficient (Wildman–Crippen LogP) is 1.30. The molecule has 2 fully saturated rings. The maximum atomic E-state index is 13.3. The third-order valence-electron chi connectivity index (χ3n) is 6.22. The van der Waals surface area contributed by atoms with Crippen molar-refractivity contribution in [2.45, 2.75) is 84.5 Å². The van der Waals surface area contributed by atoms with E-state index >= 15 is 0 Å². The van der Waals surface area contributed by atoms with Gasteiger partial charge in [0.15, 0.2) is 12.5 Å². The van der Waals surface area contributed by atoms with E-state index < -0.39 is 11.7 Å². The quantitative estimate of drug-likeness (QED) is 0.671. The molecule has 0 saturated carbocycles. The molecule has 4 aliphatic heterocycles. The smallest absolute Gasteiger partial charge is 0.272 e. The van der Waals surface area contributed by atoms with Crippen molar-refractivity contribution in [1.82, 2.24) is 25.1 Å². The zero-order chi connectivity index (χ0) is 23.0. The van der Waals surface area contributed by atoms with Gasteiger partial charge >= 0.3 is 0 Å². The highest BCUT2D eigenvalue weighted by molar-refractivity contribution is 6.03. The molecule has 0 radical (unpaired) electrons. The SMILES string of the molecule is CC1C=C(Nc2ncnc3c2CN(C2OC2OC(C)(C)C)C3)C(=O)N2C1C(=O)NC2(C)C. The Morgan fingerprint density at radius 2 is 2.00 bits per heavy atom. The van der Waals surface area contributed by atoms with Crippen LogP contribution in [0.2, 0.25) is 0 Å². The summed E-state index contributed by atoms with van der Waals surface area (Å²) in [5, 5.41) is 6.15. The molecule has 0 aliphatic carbocycles. The summed E-state index contributed by atoms with van der Waals surface area (Å²) >= 11 is 0. The molecule has 10 nitrogen and oxygen atoms in total. The number of hydrogen-bond donors (Lipinski definition) is 2. The number of anilines is 1. The van der Waals surface area contributed by atoms with Crippen molar-refractivity contribution in [3.8, 4) is 0 Å². The molecule has 0 spiro atoms. The molecule has 0 bridgehead atoms. The first-order valence-electron chi connectivity index (χ1n) is 11.0. The molecule has 2 amide bonds. The number of aromatic nitrogens is 2. The van der Waals surface area contributed by atoms with E-state index in [1.54, 1.807) is 4.90 Å². The van der Waals surface area contributed by atoms with Crippen molar-refractivity contribution >= 4 is 17.6 Å². The van der Waals surface area contributed by atoms with Crippen LogP contribution in [0.1, 0.15) is 52.8 Å². The van der Waals surface area contributed by atoms with Gasteiger partial charge in [0.2, 0.25) is 5.91 Å². The minimum absolute atomic E-state index is 0.116. The van der Waals surface area contributed by atoms with Crippen molar-refractivity contribution in [3.63, 3.8) is 0 Å². The molecule has 0 aromatic carbocycles. The molecular formula is C22H30N6O4. The zero-order valence-corrected chi connectivity index (χ0v) is 19.3. The summed E-state index contributed by atoms with van der Waals surface area (Å²) < 4.78 is 11.6. The largest absolute Gasteiger partial charge is 0.343 e. The number of ether oxygens (including phenoxy) is 2. The van der Waals surface area contributed by atoms with Crippen molar-refractivity contribution in [1.29, 1.82) is 0 Å². The predicted molar refractivity (Wildman–Crippen MR) is 115 cm³/mol. The standard InChI is InChI=1S/C22H30N6O4/c1-11-7-13(18(30)28-15(11)17(29)26-22(28,5)6)25-16-12-8-27(9-14(12)23-10-24-16)19-20(31-19)32-21(2,3)4/h7,10-11,15,19-20H,8-9H2,1-6H3,(H,26,29)(H,23,24,25). The Balaban J connectivity index is 1.34. The molecule has 1 aromatic rings. The highest BCUT2D eigenvalue weighted by Gasteiger charge is 2.53. The van der Waals surface area contributed by atoms with E-state index in [-0.39, 0.29) is 35.9 Å². The van der Waals surface area contributed by atoms with Crippen LogP contribution in [0.5, 0.6) is 0 Å². The average Bonchev–Trinajstić information content (AvgIpc) is 3.17. The van der Waals surface area contributed by atoms with E-state index in [1.165, 1.54) is 6.33 Å². The number of amides is 2. The van der Waals surface area contributed by atoms with Gasteiger partial charge in [-0.2, -0.15) is 0 Å². The average molecular weight is 443 g/mol. The molecular weight excluding hydrogens is 412 g/mol. The van der Waals surface area contributed by atoms with Crippen LogP contribution in [0, 0.1) is 5.92 Å². The maximum Gasteiger partial charge on any atom is 0.272 e. The fourth-order valence-corrected chi connectivity index (χ4v) is 4.81. The van der Waals surface area contributed by atoms with E-state index in [0.717, 1.165) is 11.3 Å². The number of nitrogens with one attached hydrogen (secondary N) is 2. The van der Waals surface area contributed by atoms with Crippen molar-refractivity contribution in [3.05, 3.63) is 29.4 Å². The summed E-state index contributed by atoms with van der Waals surface area (Å²) in [6, 6.07) is -0.499. The lowest BCUT2D eigenvalue weighted by Gasteiger charge is -2.38. The number of nitrogens with zero attached hydrogens (tertiary/aromatic N) is 4. The first-order chi connectivity index (χ1) is 14.9. The van der Waals surface area contributed by atoms with Crippen LogP contribution in [0.15, 0.2) is 18.1 Å². The van der Waals surface area contributed by atoms with Gasteiger partial charge in [0.05, 0.1) is 11.3 Å². The third-order valence-corrected chi connectivity index (χ3v) is 6.22. The van der Waals surface area contributed by atoms with Gasteiger partial charge in [0.25, 0.3) is 5.91 Å². The molecule has 32 heavy (non-hydrogen) atoms. The number of epoxide rings is 1. The van der Waals surface area contributed by atoms with E-state index in [2.05, 4.69) is 25.5 Å². The first kappa shape index (κ1) is 21.3. The van der Waals surface area contributed by atoms with Gasteiger partial charge in [0, 0.05) is 24.6 Å². The van der Waals surface area contributed by atoms with Gasteiger partial charge in [-0.1, -0.05) is 6.92 Å². The zero-order valence-electron chi connectivity index (χ0n) is 19.3. The number of rotatable bonds is 4. The molecule has 5 rings (SSSR count). The topological polar surface area (TPSA) is 112 Å². The van der Waals surface area contributed by atoms with Crippen LogP contribution in [-0.4, -0.2) is 61.4 Å². The Morgan fingerprint density at radius 1 is 1.25 bits per heavy atom. The fourth-order valence-electron chi connectivity index (χ4n) is 4.81. The number of fused-ring (bicyclic) bond motifs is 2. The Bertz CT molecular complexity index is 1020. The van der Waals surface area contributed by atoms with E-state index in [4.69, 9.17) is 9.47 Å². The molecule has 4 aliphatic rings. The van der Waals surface area contributed by atoms with Crippen LogP contribution >= 0.6 is 0 Å². The Kier molecular flexibility index (Phi) is 4.64.